The number of hydrogen-bond acceptors (Lipinski definition) is 4. The lowest BCUT2D eigenvalue weighted by Gasteiger charge is -2.12. The second-order valence-corrected chi connectivity index (χ2v) is 7.44. The maximum Gasteiger partial charge on any atom is 0.416 e. The fourth-order valence-electron chi connectivity index (χ4n) is 2.08. The maximum absolute atomic E-state index is 12.7. The molecule has 1 aromatic heterocycles. The number of rotatable bonds is 5. The number of hydrazine groups is 1. The van der Waals surface area contributed by atoms with Crippen LogP contribution in [0.2, 0.25) is 5.02 Å². The summed E-state index contributed by atoms with van der Waals surface area (Å²) < 4.78 is 63.9. The molecular weight excluding hydrogens is 397 g/mol. The van der Waals surface area contributed by atoms with Crippen molar-refractivity contribution in [2.45, 2.75) is 31.5 Å². The first-order valence-corrected chi connectivity index (χ1v) is 8.95. The Bertz CT molecular complexity index is 941. The molecule has 0 aliphatic rings. The number of halogens is 4. The molecule has 0 aliphatic carbocycles. The Labute approximate surface area is 152 Å². The topological polar surface area (TPSA) is 93.1 Å². The summed E-state index contributed by atoms with van der Waals surface area (Å²) >= 11 is 5.69. The lowest BCUT2D eigenvalue weighted by Crippen LogP contribution is -2.43. The molecule has 7 nitrogen and oxygen atoms in total. The number of nitrogens with one attached hydrogen (secondary N) is 2. The molecule has 1 heterocycles. The van der Waals surface area contributed by atoms with E-state index in [2.05, 4.69) is 5.10 Å². The number of aryl methyl sites for hydroxylation is 2. The molecule has 0 unspecified atom stereocenters. The average Bonchev–Trinajstić information content (AvgIpc) is 2.82. The number of aromatic nitrogens is 2. The largest absolute Gasteiger partial charge is 0.416 e. The van der Waals surface area contributed by atoms with E-state index in [1.165, 1.54) is 4.68 Å². The van der Waals surface area contributed by atoms with E-state index in [-0.39, 0.29) is 6.54 Å². The SMILES string of the molecule is Cc1cc(C)n(CC(=O)NNS(=O)(=O)c2cc(C(F)(F)F)ccc2Cl)n1. The minimum absolute atomic E-state index is 0.279. The third-order valence-electron chi connectivity index (χ3n) is 3.27. The van der Waals surface area contributed by atoms with Gasteiger partial charge in [0, 0.05) is 5.69 Å². The second-order valence-electron chi connectivity index (χ2n) is 5.38. The minimum atomic E-state index is -4.74. The van der Waals surface area contributed by atoms with Gasteiger partial charge in [-0.25, -0.2) is 8.42 Å². The first kappa shape index (κ1) is 20.2. The number of alkyl halides is 3. The predicted octanol–water partition coefficient (Wildman–Crippen LogP) is 2.18. The molecule has 0 fully saturated rings. The molecule has 12 heteroatoms. The van der Waals surface area contributed by atoms with Gasteiger partial charge in [-0.2, -0.15) is 18.3 Å². The van der Waals surface area contributed by atoms with Crippen LogP contribution < -0.4 is 10.3 Å². The van der Waals surface area contributed by atoms with Crippen molar-refractivity contribution in [3.05, 3.63) is 46.2 Å². The van der Waals surface area contributed by atoms with Gasteiger partial charge in [0.15, 0.2) is 0 Å². The maximum atomic E-state index is 12.7. The van der Waals surface area contributed by atoms with Gasteiger partial charge in [-0.1, -0.05) is 11.6 Å². The van der Waals surface area contributed by atoms with E-state index in [1.54, 1.807) is 24.7 Å². The summed E-state index contributed by atoms with van der Waals surface area (Å²) in [5.74, 6) is -0.761. The summed E-state index contributed by atoms with van der Waals surface area (Å²) in [4.78, 5) is 12.8. The molecule has 0 saturated carbocycles. The molecule has 1 aromatic carbocycles. The number of benzene rings is 1. The number of sulfonamides is 1. The highest BCUT2D eigenvalue weighted by Gasteiger charge is 2.32. The summed E-state index contributed by atoms with van der Waals surface area (Å²) in [5.41, 5.74) is 2.08. The molecule has 1 amide bonds. The molecule has 0 spiro atoms. The predicted molar refractivity (Wildman–Crippen MR) is 86.6 cm³/mol. The molecule has 0 aliphatic heterocycles. The number of carbonyl (C=O) groups excluding carboxylic acids is 1. The molecule has 142 valence electrons. The fraction of sp³-hybridized carbons (Fsp3) is 0.286. The number of nitrogens with zero attached hydrogens (tertiary/aromatic N) is 2. The van der Waals surface area contributed by atoms with Gasteiger partial charge in [-0.3, -0.25) is 14.9 Å². The molecule has 2 aromatic rings. The van der Waals surface area contributed by atoms with Gasteiger partial charge in [0.1, 0.15) is 11.4 Å². The first-order valence-electron chi connectivity index (χ1n) is 7.08. The van der Waals surface area contributed by atoms with Crippen LogP contribution in [0.5, 0.6) is 0 Å². The van der Waals surface area contributed by atoms with Gasteiger partial charge < -0.3 is 0 Å². The average molecular weight is 411 g/mol. The van der Waals surface area contributed by atoms with Crippen LogP contribution in [-0.2, 0) is 27.5 Å². The van der Waals surface area contributed by atoms with Crippen LogP contribution in [0.1, 0.15) is 17.0 Å². The van der Waals surface area contributed by atoms with Crippen LogP contribution in [0.15, 0.2) is 29.2 Å². The Morgan fingerprint density at radius 2 is 1.92 bits per heavy atom. The van der Waals surface area contributed by atoms with Crippen LogP contribution in [0.4, 0.5) is 13.2 Å². The van der Waals surface area contributed by atoms with Crippen LogP contribution in [0, 0.1) is 13.8 Å². The zero-order valence-electron chi connectivity index (χ0n) is 13.6. The third kappa shape index (κ3) is 4.74. The minimum Gasteiger partial charge on any atom is -0.276 e. The molecular formula is C14H14ClF3N4O3S. The highest BCUT2D eigenvalue weighted by molar-refractivity contribution is 7.89. The fourth-order valence-corrected chi connectivity index (χ4v) is 3.46. The Kier molecular flexibility index (Phi) is 5.64. The van der Waals surface area contributed by atoms with E-state index in [0.29, 0.717) is 23.5 Å². The summed E-state index contributed by atoms with van der Waals surface area (Å²) in [6, 6.07) is 3.58. The Balaban J connectivity index is 2.14. The van der Waals surface area contributed by atoms with Crippen LogP contribution in [0.25, 0.3) is 0 Å². The molecule has 2 rings (SSSR count). The Hall–Kier alpha value is -2.11. The lowest BCUT2D eigenvalue weighted by atomic mass is 10.2. The van der Waals surface area contributed by atoms with Crippen molar-refractivity contribution in [2.24, 2.45) is 0 Å². The molecule has 0 saturated heterocycles. The monoisotopic (exact) mass is 410 g/mol. The van der Waals surface area contributed by atoms with E-state index in [1.807, 2.05) is 5.43 Å². The standard InChI is InChI=1S/C14H14ClF3N4O3S/c1-8-5-9(2)22(20-8)7-13(23)19-21-26(24,25)12-6-10(14(16,17)18)3-4-11(12)15/h3-6,21H,7H2,1-2H3,(H,19,23). The van der Waals surface area contributed by atoms with Crippen LogP contribution >= 0.6 is 11.6 Å². The number of carbonyl (C=O) groups is 1. The normalized spacial score (nSPS) is 12.2. The summed E-state index contributed by atoms with van der Waals surface area (Å²) in [7, 11) is -4.51. The Morgan fingerprint density at radius 1 is 1.27 bits per heavy atom. The van der Waals surface area contributed by atoms with E-state index in [9.17, 15) is 26.4 Å². The third-order valence-corrected chi connectivity index (χ3v) is 5.00. The van der Waals surface area contributed by atoms with Crippen molar-refractivity contribution in [3.8, 4) is 0 Å². The summed E-state index contributed by atoms with van der Waals surface area (Å²) in [5, 5.41) is 3.62. The Morgan fingerprint density at radius 3 is 2.46 bits per heavy atom. The van der Waals surface area contributed by atoms with Gasteiger partial charge in [0.25, 0.3) is 15.9 Å². The van der Waals surface area contributed by atoms with Gasteiger partial charge in [-0.05, 0) is 38.1 Å². The number of amides is 1. The molecule has 26 heavy (non-hydrogen) atoms. The highest BCUT2D eigenvalue weighted by Crippen LogP contribution is 2.33. The summed E-state index contributed by atoms with van der Waals surface area (Å²) in [6.45, 7) is 3.15. The van der Waals surface area contributed by atoms with Gasteiger partial charge in [0.05, 0.1) is 16.3 Å². The van der Waals surface area contributed by atoms with Crippen LogP contribution in [0.3, 0.4) is 0 Å². The molecule has 0 atom stereocenters. The smallest absolute Gasteiger partial charge is 0.276 e. The van der Waals surface area contributed by atoms with Crippen molar-refractivity contribution in [1.29, 1.82) is 0 Å². The van der Waals surface area contributed by atoms with E-state index in [4.69, 9.17) is 11.6 Å². The molecule has 0 radical (unpaired) electrons. The van der Waals surface area contributed by atoms with Gasteiger partial charge >= 0.3 is 6.18 Å². The zero-order chi connectivity index (χ0) is 19.7. The molecule has 0 bridgehead atoms. The van der Waals surface area contributed by atoms with Crippen molar-refractivity contribution < 1.29 is 26.4 Å². The van der Waals surface area contributed by atoms with Gasteiger partial charge in [0.2, 0.25) is 0 Å². The van der Waals surface area contributed by atoms with Crippen molar-refractivity contribution in [3.63, 3.8) is 0 Å². The van der Waals surface area contributed by atoms with Crippen molar-refractivity contribution in [2.75, 3.05) is 0 Å². The highest BCUT2D eigenvalue weighted by atomic mass is 35.5. The van der Waals surface area contributed by atoms with E-state index >= 15 is 0 Å². The second kappa shape index (κ2) is 7.25. The number of hydrogen-bond donors (Lipinski definition) is 2. The van der Waals surface area contributed by atoms with Crippen molar-refractivity contribution >= 4 is 27.5 Å². The first-order chi connectivity index (χ1) is 11.9. The summed E-state index contributed by atoms with van der Waals surface area (Å²) in [6.07, 6.45) is -4.74. The van der Waals surface area contributed by atoms with E-state index < -0.39 is 37.6 Å². The quantitative estimate of drug-likeness (QED) is 0.739. The van der Waals surface area contributed by atoms with E-state index in [0.717, 1.165) is 6.07 Å². The van der Waals surface area contributed by atoms with Gasteiger partial charge in [-0.15, -0.1) is 4.83 Å². The van der Waals surface area contributed by atoms with Crippen molar-refractivity contribution in [1.82, 2.24) is 20.0 Å². The van der Waals surface area contributed by atoms with Crippen LogP contribution in [-0.4, -0.2) is 24.1 Å². The lowest BCUT2D eigenvalue weighted by molar-refractivity contribution is -0.137. The zero-order valence-corrected chi connectivity index (χ0v) is 15.1. The molecule has 2 N–H and O–H groups in total.